The van der Waals surface area contributed by atoms with E-state index in [0.717, 1.165) is 16.0 Å². The summed E-state index contributed by atoms with van der Waals surface area (Å²) < 4.78 is 0. The van der Waals surface area contributed by atoms with Gasteiger partial charge < -0.3 is 0 Å². The quantitative estimate of drug-likeness (QED) is 0.800. The summed E-state index contributed by atoms with van der Waals surface area (Å²) in [6, 6.07) is 19.7. The standard InChI is InChI=1S/C21H19N3O3/c22-12-7-13-24-19(26)21(18(25)23-20(24)27,14-16-8-3-1-4-9-16)15-17-10-5-2-6-11-17/h1-6,8-11H,7,13-15H2,(H,23,25,27). The molecule has 0 saturated carbocycles. The van der Waals surface area contributed by atoms with Crippen molar-refractivity contribution in [2.45, 2.75) is 19.3 Å². The predicted octanol–water partition coefficient (Wildman–Crippen LogP) is 2.45. The van der Waals surface area contributed by atoms with Crippen LogP contribution in [-0.4, -0.2) is 29.3 Å². The van der Waals surface area contributed by atoms with Gasteiger partial charge in [-0.15, -0.1) is 0 Å². The van der Waals surface area contributed by atoms with Crippen LogP contribution in [0.5, 0.6) is 0 Å². The van der Waals surface area contributed by atoms with Crippen LogP contribution >= 0.6 is 0 Å². The summed E-state index contributed by atoms with van der Waals surface area (Å²) in [5, 5.41) is 11.2. The third-order valence-corrected chi connectivity index (χ3v) is 4.70. The molecule has 136 valence electrons. The van der Waals surface area contributed by atoms with Crippen molar-refractivity contribution in [3.63, 3.8) is 0 Å². The number of nitrogens with zero attached hydrogens (tertiary/aromatic N) is 2. The van der Waals surface area contributed by atoms with Crippen molar-refractivity contribution >= 4 is 17.8 Å². The van der Waals surface area contributed by atoms with Gasteiger partial charge in [0.25, 0.3) is 0 Å². The number of benzene rings is 2. The number of nitriles is 1. The number of carbonyl (C=O) groups is 3. The molecule has 6 heteroatoms. The first-order chi connectivity index (χ1) is 13.1. The van der Waals surface area contributed by atoms with Crippen LogP contribution in [-0.2, 0) is 22.4 Å². The Bertz CT molecular complexity index is 846. The monoisotopic (exact) mass is 361 g/mol. The van der Waals surface area contributed by atoms with Gasteiger partial charge in [-0.05, 0) is 24.0 Å². The van der Waals surface area contributed by atoms with Crippen molar-refractivity contribution in [3.8, 4) is 6.07 Å². The lowest BCUT2D eigenvalue weighted by molar-refractivity contribution is -0.151. The first-order valence-corrected chi connectivity index (χ1v) is 8.69. The average Bonchev–Trinajstić information content (AvgIpc) is 2.68. The van der Waals surface area contributed by atoms with Gasteiger partial charge in [0.2, 0.25) is 11.8 Å². The molecule has 1 fully saturated rings. The van der Waals surface area contributed by atoms with Crippen molar-refractivity contribution in [3.05, 3.63) is 71.8 Å². The summed E-state index contributed by atoms with van der Waals surface area (Å²) in [5.74, 6) is -1.15. The van der Waals surface area contributed by atoms with E-state index in [1.807, 2.05) is 66.7 Å². The zero-order valence-electron chi connectivity index (χ0n) is 14.7. The lowest BCUT2D eigenvalue weighted by atomic mass is 9.73. The minimum Gasteiger partial charge on any atom is -0.277 e. The first-order valence-electron chi connectivity index (χ1n) is 8.69. The second kappa shape index (κ2) is 7.83. The van der Waals surface area contributed by atoms with E-state index in [2.05, 4.69) is 5.32 Å². The van der Waals surface area contributed by atoms with Crippen molar-refractivity contribution in [2.75, 3.05) is 6.54 Å². The van der Waals surface area contributed by atoms with Crippen LogP contribution in [0.3, 0.4) is 0 Å². The van der Waals surface area contributed by atoms with Gasteiger partial charge in [0.15, 0.2) is 0 Å². The van der Waals surface area contributed by atoms with Crippen LogP contribution in [0.4, 0.5) is 4.79 Å². The molecule has 2 aromatic rings. The number of amides is 4. The van der Waals surface area contributed by atoms with Crippen LogP contribution in [0.1, 0.15) is 17.5 Å². The lowest BCUT2D eigenvalue weighted by Gasteiger charge is -2.39. The molecule has 0 unspecified atom stereocenters. The van der Waals surface area contributed by atoms with Crippen molar-refractivity contribution in [1.29, 1.82) is 5.26 Å². The van der Waals surface area contributed by atoms with Gasteiger partial charge in [0, 0.05) is 6.54 Å². The maximum absolute atomic E-state index is 13.3. The number of imide groups is 2. The van der Waals surface area contributed by atoms with E-state index >= 15 is 0 Å². The van der Waals surface area contributed by atoms with E-state index < -0.39 is 23.3 Å². The Balaban J connectivity index is 2.03. The van der Waals surface area contributed by atoms with Gasteiger partial charge in [-0.25, -0.2) is 4.79 Å². The number of rotatable bonds is 6. The fourth-order valence-corrected chi connectivity index (χ4v) is 3.36. The topological polar surface area (TPSA) is 90.3 Å². The molecule has 0 bridgehead atoms. The average molecular weight is 361 g/mol. The molecule has 0 aliphatic carbocycles. The fraction of sp³-hybridized carbons (Fsp3) is 0.238. The highest BCUT2D eigenvalue weighted by molar-refractivity contribution is 6.19. The van der Waals surface area contributed by atoms with E-state index in [0.29, 0.717) is 0 Å². The molecule has 1 saturated heterocycles. The smallest absolute Gasteiger partial charge is 0.277 e. The Morgan fingerprint density at radius 2 is 1.41 bits per heavy atom. The number of nitrogens with one attached hydrogen (secondary N) is 1. The van der Waals surface area contributed by atoms with E-state index in [1.54, 1.807) is 0 Å². The highest BCUT2D eigenvalue weighted by atomic mass is 16.2. The molecule has 0 aromatic heterocycles. The SMILES string of the molecule is N#CCCN1C(=O)NC(=O)C(Cc2ccccc2)(Cc2ccccc2)C1=O. The molecule has 1 aliphatic heterocycles. The van der Waals surface area contributed by atoms with Gasteiger partial charge in [0.05, 0.1) is 12.5 Å². The van der Waals surface area contributed by atoms with E-state index in [4.69, 9.17) is 5.26 Å². The molecule has 1 aliphatic rings. The predicted molar refractivity (Wildman–Crippen MR) is 98.2 cm³/mol. The van der Waals surface area contributed by atoms with E-state index in [9.17, 15) is 14.4 Å². The first kappa shape index (κ1) is 18.3. The maximum atomic E-state index is 13.3. The van der Waals surface area contributed by atoms with Gasteiger partial charge in [-0.3, -0.25) is 19.8 Å². The third kappa shape index (κ3) is 3.72. The molecule has 4 amide bonds. The zero-order chi connectivity index (χ0) is 19.3. The molecule has 0 spiro atoms. The molecule has 2 aromatic carbocycles. The number of hydrogen-bond donors (Lipinski definition) is 1. The number of urea groups is 1. The molecular formula is C21H19N3O3. The van der Waals surface area contributed by atoms with Gasteiger partial charge in [-0.2, -0.15) is 5.26 Å². The lowest BCUT2D eigenvalue weighted by Crippen LogP contribution is -2.65. The summed E-state index contributed by atoms with van der Waals surface area (Å²) in [4.78, 5) is 39.4. The number of carbonyl (C=O) groups excluding carboxylic acids is 3. The number of hydrogen-bond acceptors (Lipinski definition) is 4. The molecule has 0 radical (unpaired) electrons. The zero-order valence-corrected chi connectivity index (χ0v) is 14.7. The summed E-state index contributed by atoms with van der Waals surface area (Å²) >= 11 is 0. The van der Waals surface area contributed by atoms with Crippen molar-refractivity contribution < 1.29 is 14.4 Å². The Morgan fingerprint density at radius 1 is 0.889 bits per heavy atom. The summed E-state index contributed by atoms with van der Waals surface area (Å²) in [5.41, 5.74) is 0.213. The number of barbiturate groups is 1. The molecule has 6 nitrogen and oxygen atoms in total. The molecule has 3 rings (SSSR count). The maximum Gasteiger partial charge on any atom is 0.330 e. The van der Waals surface area contributed by atoms with Crippen LogP contribution in [0.15, 0.2) is 60.7 Å². The second-order valence-corrected chi connectivity index (χ2v) is 6.53. The largest absolute Gasteiger partial charge is 0.330 e. The molecule has 0 atom stereocenters. The Hall–Kier alpha value is -3.46. The Kier molecular flexibility index (Phi) is 5.32. The molecule has 27 heavy (non-hydrogen) atoms. The molecule has 1 heterocycles. The normalized spacial score (nSPS) is 16.0. The second-order valence-electron chi connectivity index (χ2n) is 6.53. The molecular weight excluding hydrogens is 342 g/mol. The highest BCUT2D eigenvalue weighted by Gasteiger charge is 2.53. The minimum atomic E-state index is -1.44. The summed E-state index contributed by atoms with van der Waals surface area (Å²) in [6.07, 6.45) is 0.355. The van der Waals surface area contributed by atoms with E-state index in [1.165, 1.54) is 0 Å². The Labute approximate surface area is 157 Å². The van der Waals surface area contributed by atoms with E-state index in [-0.39, 0.29) is 25.8 Å². The molecule has 1 N–H and O–H groups in total. The van der Waals surface area contributed by atoms with Crippen LogP contribution in [0, 0.1) is 16.7 Å². The fourth-order valence-electron chi connectivity index (χ4n) is 3.36. The van der Waals surface area contributed by atoms with Crippen LogP contribution in [0.25, 0.3) is 0 Å². The third-order valence-electron chi connectivity index (χ3n) is 4.70. The Morgan fingerprint density at radius 3 is 1.89 bits per heavy atom. The van der Waals surface area contributed by atoms with Gasteiger partial charge in [-0.1, -0.05) is 60.7 Å². The van der Waals surface area contributed by atoms with Crippen molar-refractivity contribution in [2.24, 2.45) is 5.41 Å². The van der Waals surface area contributed by atoms with Crippen LogP contribution < -0.4 is 5.32 Å². The van der Waals surface area contributed by atoms with Gasteiger partial charge in [0.1, 0.15) is 5.41 Å². The summed E-state index contributed by atoms with van der Waals surface area (Å²) in [6.45, 7) is -0.0419. The van der Waals surface area contributed by atoms with Gasteiger partial charge >= 0.3 is 6.03 Å². The van der Waals surface area contributed by atoms with Crippen LogP contribution in [0.2, 0.25) is 0 Å². The van der Waals surface area contributed by atoms with Crippen molar-refractivity contribution in [1.82, 2.24) is 10.2 Å². The minimum absolute atomic E-state index is 0.0140. The summed E-state index contributed by atoms with van der Waals surface area (Å²) in [7, 11) is 0. The highest BCUT2D eigenvalue weighted by Crippen LogP contribution is 2.33.